The molecule has 0 aromatic carbocycles. The maximum atomic E-state index is 12.1. The molecule has 2 atom stereocenters. The Labute approximate surface area is 122 Å². The van der Waals surface area contributed by atoms with E-state index >= 15 is 0 Å². The van der Waals surface area contributed by atoms with E-state index in [9.17, 15) is 4.79 Å². The first-order valence-electron chi connectivity index (χ1n) is 5.80. The Balaban J connectivity index is 2.06. The average molecular weight is 378 g/mol. The van der Waals surface area contributed by atoms with Crippen LogP contribution in [0.2, 0.25) is 0 Å². The van der Waals surface area contributed by atoms with E-state index in [1.54, 1.807) is 6.20 Å². The van der Waals surface area contributed by atoms with Gasteiger partial charge in [0, 0.05) is 0 Å². The maximum absolute atomic E-state index is 12.1. The molecule has 1 aliphatic heterocycles. The van der Waals surface area contributed by atoms with Crippen molar-refractivity contribution in [2.45, 2.75) is 25.8 Å². The molecule has 0 aliphatic carbocycles. The van der Waals surface area contributed by atoms with Gasteiger partial charge in [0.15, 0.2) is 5.82 Å². The highest BCUT2D eigenvalue weighted by Crippen LogP contribution is 2.21. The first-order valence-corrected chi connectivity index (χ1v) is 7.39. The van der Waals surface area contributed by atoms with Gasteiger partial charge in [0.25, 0.3) is 0 Å². The Kier molecular flexibility index (Phi) is 4.69. The normalized spacial score (nSPS) is 23.7. The second-order valence-electron chi connectivity index (χ2n) is 4.37. The molecule has 2 unspecified atom stereocenters. The van der Waals surface area contributed by atoms with Gasteiger partial charge in [-0.1, -0.05) is 6.92 Å². The molecule has 0 spiro atoms. The predicted octanol–water partition coefficient (Wildman–Crippen LogP) is 2.33. The molecule has 1 amide bonds. The van der Waals surface area contributed by atoms with Crippen LogP contribution in [0.4, 0.5) is 5.82 Å². The summed E-state index contributed by atoms with van der Waals surface area (Å²) in [5, 5.41) is 6.03. The van der Waals surface area contributed by atoms with Crippen molar-refractivity contribution in [3.8, 4) is 0 Å². The molecular formula is C11H14Br2N4O. The maximum Gasteiger partial charge on any atom is 0.243 e. The molecule has 18 heavy (non-hydrogen) atoms. The van der Waals surface area contributed by atoms with Crippen LogP contribution < -0.4 is 10.6 Å². The lowest BCUT2D eigenvalue weighted by molar-refractivity contribution is -0.119. The lowest BCUT2D eigenvalue weighted by atomic mass is 9.92. The lowest BCUT2D eigenvalue weighted by Gasteiger charge is -2.28. The summed E-state index contributed by atoms with van der Waals surface area (Å²) in [6.07, 6.45) is 3.74. The summed E-state index contributed by atoms with van der Waals surface area (Å²) in [4.78, 5) is 20.4. The van der Waals surface area contributed by atoms with E-state index in [0.29, 0.717) is 20.9 Å². The van der Waals surface area contributed by atoms with E-state index in [0.717, 1.165) is 19.4 Å². The van der Waals surface area contributed by atoms with Gasteiger partial charge in [0.1, 0.15) is 9.21 Å². The number of hydrogen-bond acceptors (Lipinski definition) is 4. The van der Waals surface area contributed by atoms with Gasteiger partial charge in [0.2, 0.25) is 5.91 Å². The summed E-state index contributed by atoms with van der Waals surface area (Å²) < 4.78 is 1.14. The Morgan fingerprint density at radius 2 is 2.33 bits per heavy atom. The average Bonchev–Trinajstić information content (AvgIpc) is 2.33. The second kappa shape index (κ2) is 6.08. The molecule has 1 saturated heterocycles. The van der Waals surface area contributed by atoms with Crippen LogP contribution in [0.3, 0.4) is 0 Å². The van der Waals surface area contributed by atoms with Crippen molar-refractivity contribution in [2.24, 2.45) is 5.92 Å². The third kappa shape index (κ3) is 3.27. The zero-order valence-electron chi connectivity index (χ0n) is 9.91. The fourth-order valence-electron chi connectivity index (χ4n) is 2.03. The fraction of sp³-hybridized carbons (Fsp3) is 0.545. The monoisotopic (exact) mass is 376 g/mol. The van der Waals surface area contributed by atoms with Crippen LogP contribution >= 0.6 is 31.9 Å². The first kappa shape index (κ1) is 13.9. The lowest BCUT2D eigenvalue weighted by Crippen LogP contribution is -2.48. The number of anilines is 1. The van der Waals surface area contributed by atoms with Gasteiger partial charge in [-0.2, -0.15) is 0 Å². The minimum atomic E-state index is -0.156. The van der Waals surface area contributed by atoms with E-state index in [2.05, 4.69) is 59.4 Å². The number of rotatable bonds is 2. The van der Waals surface area contributed by atoms with E-state index < -0.39 is 0 Å². The van der Waals surface area contributed by atoms with Gasteiger partial charge in [-0.05, 0) is 57.2 Å². The summed E-state index contributed by atoms with van der Waals surface area (Å²) in [5.41, 5.74) is 0. The minimum Gasteiger partial charge on any atom is -0.307 e. The summed E-state index contributed by atoms with van der Waals surface area (Å²) in [5.74, 6) is 0.725. The molecule has 0 bridgehead atoms. The standard InChI is InChI=1S/C11H14Br2N4O/c1-6-3-2-4-14-8(6)11(18)17-10-9(13)16-7(12)5-15-10/h5-6,8,14H,2-4H2,1H3,(H,15,17,18). The third-order valence-electron chi connectivity index (χ3n) is 2.99. The summed E-state index contributed by atoms with van der Waals surface area (Å²) in [6, 6.07) is -0.156. The van der Waals surface area contributed by atoms with Crippen molar-refractivity contribution in [3.63, 3.8) is 0 Å². The van der Waals surface area contributed by atoms with E-state index in [1.807, 2.05) is 0 Å². The van der Waals surface area contributed by atoms with Crippen LogP contribution in [0.15, 0.2) is 15.4 Å². The third-order valence-corrected chi connectivity index (χ3v) is 3.93. The van der Waals surface area contributed by atoms with E-state index in [4.69, 9.17) is 0 Å². The molecule has 1 fully saturated rings. The van der Waals surface area contributed by atoms with Gasteiger partial charge in [-0.25, -0.2) is 9.97 Å². The predicted molar refractivity (Wildman–Crippen MR) is 76.3 cm³/mol. The van der Waals surface area contributed by atoms with Crippen molar-refractivity contribution >= 4 is 43.6 Å². The SMILES string of the molecule is CC1CCCNC1C(=O)Nc1ncc(Br)nc1Br. The fourth-order valence-corrected chi connectivity index (χ4v) is 2.94. The Morgan fingerprint density at radius 3 is 3.00 bits per heavy atom. The Bertz CT molecular complexity index is 455. The number of nitrogens with one attached hydrogen (secondary N) is 2. The first-order chi connectivity index (χ1) is 8.58. The number of amides is 1. The van der Waals surface area contributed by atoms with Crippen molar-refractivity contribution in [2.75, 3.05) is 11.9 Å². The van der Waals surface area contributed by atoms with Crippen LogP contribution in [0.5, 0.6) is 0 Å². The van der Waals surface area contributed by atoms with Crippen LogP contribution in [-0.4, -0.2) is 28.5 Å². The molecule has 98 valence electrons. The molecule has 2 rings (SSSR count). The van der Waals surface area contributed by atoms with Crippen molar-refractivity contribution in [1.82, 2.24) is 15.3 Å². The van der Waals surface area contributed by atoms with E-state index in [1.165, 1.54) is 0 Å². The van der Waals surface area contributed by atoms with Crippen LogP contribution in [0, 0.1) is 5.92 Å². The Morgan fingerprint density at radius 1 is 1.56 bits per heavy atom. The summed E-state index contributed by atoms with van der Waals surface area (Å²) in [6.45, 7) is 2.97. The van der Waals surface area contributed by atoms with Gasteiger partial charge in [-0.3, -0.25) is 4.79 Å². The summed E-state index contributed by atoms with van der Waals surface area (Å²) >= 11 is 6.50. The van der Waals surface area contributed by atoms with Gasteiger partial charge in [0.05, 0.1) is 12.2 Å². The number of aromatic nitrogens is 2. The van der Waals surface area contributed by atoms with Crippen molar-refractivity contribution < 1.29 is 4.79 Å². The molecule has 5 nitrogen and oxygen atoms in total. The highest BCUT2D eigenvalue weighted by molar-refractivity contribution is 9.11. The zero-order chi connectivity index (χ0) is 13.1. The number of halogens is 2. The zero-order valence-corrected chi connectivity index (χ0v) is 13.1. The highest BCUT2D eigenvalue weighted by Gasteiger charge is 2.27. The topological polar surface area (TPSA) is 66.9 Å². The molecule has 1 aromatic heterocycles. The highest BCUT2D eigenvalue weighted by atomic mass is 79.9. The van der Waals surface area contributed by atoms with Gasteiger partial charge < -0.3 is 10.6 Å². The number of carbonyl (C=O) groups is 1. The smallest absolute Gasteiger partial charge is 0.243 e. The van der Waals surface area contributed by atoms with Crippen LogP contribution in [0.1, 0.15) is 19.8 Å². The number of hydrogen-bond donors (Lipinski definition) is 2. The second-order valence-corrected chi connectivity index (χ2v) is 5.94. The van der Waals surface area contributed by atoms with Gasteiger partial charge >= 0.3 is 0 Å². The van der Waals surface area contributed by atoms with E-state index in [-0.39, 0.29) is 11.9 Å². The minimum absolute atomic E-state index is 0.0560. The van der Waals surface area contributed by atoms with Crippen LogP contribution in [0.25, 0.3) is 0 Å². The van der Waals surface area contributed by atoms with Crippen molar-refractivity contribution in [3.05, 3.63) is 15.4 Å². The van der Waals surface area contributed by atoms with Gasteiger partial charge in [-0.15, -0.1) is 0 Å². The molecule has 7 heteroatoms. The number of nitrogens with zero attached hydrogens (tertiary/aromatic N) is 2. The van der Waals surface area contributed by atoms with Crippen LogP contribution in [-0.2, 0) is 4.79 Å². The molecular weight excluding hydrogens is 364 g/mol. The molecule has 1 aromatic rings. The quantitative estimate of drug-likeness (QED) is 0.829. The number of carbonyl (C=O) groups excluding carboxylic acids is 1. The molecule has 2 N–H and O–H groups in total. The molecule has 2 heterocycles. The van der Waals surface area contributed by atoms with Crippen molar-refractivity contribution in [1.29, 1.82) is 0 Å². The molecule has 1 aliphatic rings. The number of piperidine rings is 1. The Hall–Kier alpha value is -0.530. The largest absolute Gasteiger partial charge is 0.307 e. The molecule has 0 radical (unpaired) electrons. The molecule has 0 saturated carbocycles. The summed E-state index contributed by atoms with van der Waals surface area (Å²) in [7, 11) is 0.